The summed E-state index contributed by atoms with van der Waals surface area (Å²) in [5, 5.41) is 0.826. The van der Waals surface area contributed by atoms with Gasteiger partial charge in [0.15, 0.2) is 10.9 Å². The van der Waals surface area contributed by atoms with Gasteiger partial charge in [-0.3, -0.25) is 4.79 Å². The van der Waals surface area contributed by atoms with Gasteiger partial charge in [0.05, 0.1) is 0 Å². The minimum Gasteiger partial charge on any atom is -0.293 e. The summed E-state index contributed by atoms with van der Waals surface area (Å²) in [6.45, 7) is 1.45. The van der Waals surface area contributed by atoms with Crippen LogP contribution in [0.2, 0.25) is 5.15 Å². The van der Waals surface area contributed by atoms with Crippen LogP contribution < -0.4 is 0 Å². The Morgan fingerprint density at radius 3 is 2.75 bits per heavy atom. The molecule has 1 rings (SSSR count). The lowest BCUT2D eigenvalue weighted by atomic mass is 10.3. The molecule has 0 amide bonds. The quantitative estimate of drug-likeness (QED) is 0.319. The zero-order valence-electron chi connectivity index (χ0n) is 6.67. The summed E-state index contributed by atoms with van der Waals surface area (Å²) in [6.07, 6.45) is 1.83. The lowest BCUT2D eigenvalue weighted by Crippen LogP contribution is -1.99. The lowest BCUT2D eigenvalue weighted by Gasteiger charge is -1.98. The van der Waals surface area contributed by atoms with E-state index in [4.69, 9.17) is 11.6 Å². The van der Waals surface area contributed by atoms with Gasteiger partial charge in [0.25, 0.3) is 0 Å². The van der Waals surface area contributed by atoms with E-state index in [9.17, 15) is 4.79 Å². The molecule has 0 aromatic carbocycles. The van der Waals surface area contributed by atoms with E-state index in [-0.39, 0.29) is 5.78 Å². The number of carbonyl (C=O) groups excluding carboxylic acids is 1. The standard InChI is InChI=1S/C7H7ClN2OS/c1-4(11)5-3-6(8)10-7(9-5)12-2/h3H,1-2H3. The Kier molecular flexibility index (Phi) is 3.05. The van der Waals surface area contributed by atoms with Crippen molar-refractivity contribution >= 4 is 29.1 Å². The maximum absolute atomic E-state index is 10.9. The Bertz CT molecular complexity index is 316. The van der Waals surface area contributed by atoms with Crippen LogP contribution in [0.5, 0.6) is 0 Å². The number of halogens is 1. The van der Waals surface area contributed by atoms with Crippen LogP contribution in [0, 0.1) is 0 Å². The van der Waals surface area contributed by atoms with E-state index in [2.05, 4.69) is 9.97 Å². The molecule has 0 radical (unpaired) electrons. The summed E-state index contributed by atoms with van der Waals surface area (Å²) in [5.41, 5.74) is 0.361. The van der Waals surface area contributed by atoms with Gasteiger partial charge in [-0.15, -0.1) is 0 Å². The molecule has 64 valence electrons. The molecule has 3 nitrogen and oxygen atoms in total. The number of thioether (sulfide) groups is 1. The number of carbonyl (C=O) groups is 1. The summed E-state index contributed by atoms with van der Waals surface area (Å²) < 4.78 is 0. The summed E-state index contributed by atoms with van der Waals surface area (Å²) in [5.74, 6) is -0.102. The van der Waals surface area contributed by atoms with E-state index in [1.54, 1.807) is 0 Å². The molecule has 0 atom stereocenters. The molecule has 1 aromatic rings. The highest BCUT2D eigenvalue weighted by Gasteiger charge is 2.05. The first kappa shape index (κ1) is 9.48. The van der Waals surface area contributed by atoms with Crippen molar-refractivity contribution in [3.63, 3.8) is 0 Å². The Morgan fingerprint density at radius 1 is 1.58 bits per heavy atom. The second-order valence-electron chi connectivity index (χ2n) is 2.12. The molecule has 0 saturated heterocycles. The molecule has 1 aromatic heterocycles. The number of ketones is 1. The van der Waals surface area contributed by atoms with Crippen molar-refractivity contribution in [2.75, 3.05) is 6.26 Å². The van der Waals surface area contributed by atoms with Crippen LogP contribution in [-0.2, 0) is 0 Å². The van der Waals surface area contributed by atoms with E-state index in [0.717, 1.165) is 0 Å². The van der Waals surface area contributed by atoms with Crippen LogP contribution in [0.4, 0.5) is 0 Å². The fourth-order valence-corrected chi connectivity index (χ4v) is 1.28. The van der Waals surface area contributed by atoms with Gasteiger partial charge in [-0.2, -0.15) is 0 Å². The zero-order valence-corrected chi connectivity index (χ0v) is 8.24. The lowest BCUT2D eigenvalue weighted by molar-refractivity contribution is 0.101. The molecule has 0 unspecified atom stereocenters. The summed E-state index contributed by atoms with van der Waals surface area (Å²) >= 11 is 7.01. The van der Waals surface area contributed by atoms with E-state index >= 15 is 0 Å². The SMILES string of the molecule is CSc1nc(Cl)cc(C(C)=O)n1. The van der Waals surface area contributed by atoms with Crippen LogP contribution >= 0.6 is 23.4 Å². The first-order valence-electron chi connectivity index (χ1n) is 3.23. The third-order valence-corrected chi connectivity index (χ3v) is 1.96. The smallest absolute Gasteiger partial charge is 0.189 e. The predicted molar refractivity (Wildman–Crippen MR) is 48.8 cm³/mol. The second kappa shape index (κ2) is 3.87. The van der Waals surface area contributed by atoms with Gasteiger partial charge >= 0.3 is 0 Å². The molecule has 0 bridgehead atoms. The molecule has 0 N–H and O–H groups in total. The van der Waals surface area contributed by atoms with Crippen molar-refractivity contribution in [2.24, 2.45) is 0 Å². The number of hydrogen-bond acceptors (Lipinski definition) is 4. The summed E-state index contributed by atoms with van der Waals surface area (Å²) in [4.78, 5) is 18.8. The number of Topliss-reactive ketones (excluding diaryl/α,β-unsaturated/α-hetero) is 1. The average molecular weight is 203 g/mol. The van der Waals surface area contributed by atoms with Crippen molar-refractivity contribution in [1.82, 2.24) is 9.97 Å². The van der Waals surface area contributed by atoms with Gasteiger partial charge in [-0.25, -0.2) is 9.97 Å². The Labute approximate surface area is 79.6 Å². The maximum atomic E-state index is 10.9. The topological polar surface area (TPSA) is 42.9 Å². The van der Waals surface area contributed by atoms with Crippen LogP contribution in [-0.4, -0.2) is 22.0 Å². The third-order valence-electron chi connectivity index (χ3n) is 1.22. The van der Waals surface area contributed by atoms with Crippen molar-refractivity contribution in [3.8, 4) is 0 Å². The Morgan fingerprint density at radius 2 is 2.25 bits per heavy atom. The van der Waals surface area contributed by atoms with Crippen molar-refractivity contribution < 1.29 is 4.79 Å². The molecule has 0 spiro atoms. The second-order valence-corrected chi connectivity index (χ2v) is 3.28. The molecule has 0 aliphatic rings. The molecule has 0 aliphatic heterocycles. The Balaban J connectivity index is 3.15. The summed E-state index contributed by atoms with van der Waals surface area (Å²) in [6, 6.07) is 1.46. The fraction of sp³-hybridized carbons (Fsp3) is 0.286. The van der Waals surface area contributed by atoms with Crippen LogP contribution in [0.25, 0.3) is 0 Å². The third kappa shape index (κ3) is 2.19. The van der Waals surface area contributed by atoms with Gasteiger partial charge in [0, 0.05) is 13.0 Å². The fourth-order valence-electron chi connectivity index (χ4n) is 0.668. The molecule has 12 heavy (non-hydrogen) atoms. The molecule has 0 saturated carbocycles. The van der Waals surface area contributed by atoms with Crippen molar-refractivity contribution in [1.29, 1.82) is 0 Å². The average Bonchev–Trinajstić information content (AvgIpc) is 2.03. The van der Waals surface area contributed by atoms with Gasteiger partial charge < -0.3 is 0 Å². The molecule has 5 heteroatoms. The monoisotopic (exact) mass is 202 g/mol. The maximum Gasteiger partial charge on any atom is 0.189 e. The van der Waals surface area contributed by atoms with Gasteiger partial charge in [0.1, 0.15) is 10.8 Å². The molecular weight excluding hydrogens is 196 g/mol. The van der Waals surface area contributed by atoms with Crippen molar-refractivity contribution in [2.45, 2.75) is 12.1 Å². The van der Waals surface area contributed by atoms with Gasteiger partial charge in [0.2, 0.25) is 0 Å². The number of rotatable bonds is 2. The predicted octanol–water partition coefficient (Wildman–Crippen LogP) is 2.05. The normalized spacial score (nSPS) is 9.92. The highest BCUT2D eigenvalue weighted by molar-refractivity contribution is 7.98. The zero-order chi connectivity index (χ0) is 9.14. The molecular formula is C7H7ClN2OS. The van der Waals surface area contributed by atoms with Gasteiger partial charge in [-0.1, -0.05) is 23.4 Å². The molecule has 1 heterocycles. The molecule has 0 aliphatic carbocycles. The highest BCUT2D eigenvalue weighted by Crippen LogP contribution is 2.14. The van der Waals surface area contributed by atoms with Crippen LogP contribution in [0.15, 0.2) is 11.2 Å². The largest absolute Gasteiger partial charge is 0.293 e. The van der Waals surface area contributed by atoms with E-state index in [0.29, 0.717) is 16.0 Å². The van der Waals surface area contributed by atoms with E-state index in [1.807, 2.05) is 6.26 Å². The minimum atomic E-state index is -0.102. The van der Waals surface area contributed by atoms with Gasteiger partial charge in [-0.05, 0) is 6.26 Å². The minimum absolute atomic E-state index is 0.102. The Hall–Kier alpha value is -0.610. The summed E-state index contributed by atoms with van der Waals surface area (Å²) in [7, 11) is 0. The van der Waals surface area contributed by atoms with Crippen LogP contribution in [0.3, 0.4) is 0 Å². The number of hydrogen-bond donors (Lipinski definition) is 0. The first-order valence-corrected chi connectivity index (χ1v) is 4.83. The molecule has 0 fully saturated rings. The highest BCUT2D eigenvalue weighted by atomic mass is 35.5. The number of nitrogens with zero attached hydrogens (tertiary/aromatic N) is 2. The first-order chi connectivity index (χ1) is 5.63. The number of aromatic nitrogens is 2. The van der Waals surface area contributed by atoms with Crippen LogP contribution in [0.1, 0.15) is 17.4 Å². The van der Waals surface area contributed by atoms with E-state index in [1.165, 1.54) is 24.8 Å². The van der Waals surface area contributed by atoms with Crippen molar-refractivity contribution in [3.05, 3.63) is 16.9 Å². The van der Waals surface area contributed by atoms with E-state index < -0.39 is 0 Å².